The fraction of sp³-hybridized carbons (Fsp3) is 0.250. The van der Waals surface area contributed by atoms with E-state index in [2.05, 4.69) is 33.8 Å². The summed E-state index contributed by atoms with van der Waals surface area (Å²) >= 11 is 0. The summed E-state index contributed by atoms with van der Waals surface area (Å²) in [6.07, 6.45) is 0. The summed E-state index contributed by atoms with van der Waals surface area (Å²) in [5.41, 5.74) is 5.10. The number of pyridine rings is 1. The number of carbonyl (C=O) groups is 1. The first-order valence-electron chi connectivity index (χ1n) is 6.75. The highest BCUT2D eigenvalue weighted by Crippen LogP contribution is 2.16. The lowest BCUT2D eigenvalue weighted by Crippen LogP contribution is -2.24. The Morgan fingerprint density at radius 1 is 1.18 bits per heavy atom. The second-order valence-electron chi connectivity index (χ2n) is 5.05. The van der Waals surface area contributed by atoms with Crippen molar-refractivity contribution in [3.05, 3.63) is 64.5 Å². The van der Waals surface area contributed by atoms with E-state index in [-0.39, 0.29) is 30.7 Å². The second-order valence-corrected chi connectivity index (χ2v) is 5.05. The molecule has 1 aliphatic heterocycles. The predicted octanol–water partition coefficient (Wildman–Crippen LogP) is 2.77. The van der Waals surface area contributed by atoms with Crippen molar-refractivity contribution >= 4 is 30.7 Å². The third-order valence-corrected chi connectivity index (χ3v) is 3.48. The fourth-order valence-corrected chi connectivity index (χ4v) is 2.40. The van der Waals surface area contributed by atoms with E-state index in [0.717, 1.165) is 24.3 Å². The van der Waals surface area contributed by atoms with Gasteiger partial charge in [0.05, 0.1) is 0 Å². The smallest absolute Gasteiger partial charge is 0.270 e. The molecule has 0 aliphatic carbocycles. The normalized spacial score (nSPS) is 11.9. The van der Waals surface area contributed by atoms with Gasteiger partial charge in [0.2, 0.25) is 0 Å². The van der Waals surface area contributed by atoms with E-state index < -0.39 is 0 Å². The average molecular weight is 340 g/mol. The number of fused-ring (bicyclic) bond motifs is 1. The van der Waals surface area contributed by atoms with E-state index in [9.17, 15) is 4.79 Å². The van der Waals surface area contributed by atoms with Gasteiger partial charge in [-0.15, -0.1) is 24.8 Å². The Morgan fingerprint density at radius 2 is 1.95 bits per heavy atom. The molecule has 118 valence electrons. The first-order valence-corrected chi connectivity index (χ1v) is 6.75. The molecule has 22 heavy (non-hydrogen) atoms. The molecule has 0 bridgehead atoms. The number of benzene rings is 1. The number of carbonyl (C=O) groups excluding carboxylic acids is 1. The Labute approximate surface area is 142 Å². The Kier molecular flexibility index (Phi) is 6.81. The van der Waals surface area contributed by atoms with Gasteiger partial charge in [-0.05, 0) is 35.7 Å². The van der Waals surface area contributed by atoms with Gasteiger partial charge < -0.3 is 10.6 Å². The highest BCUT2D eigenvalue weighted by molar-refractivity contribution is 5.92. The van der Waals surface area contributed by atoms with Crippen molar-refractivity contribution in [1.82, 2.24) is 15.6 Å². The maximum absolute atomic E-state index is 12.0. The second kappa shape index (κ2) is 8.13. The van der Waals surface area contributed by atoms with Crippen LogP contribution in [-0.2, 0) is 19.6 Å². The molecule has 2 aromatic rings. The Balaban J connectivity index is 0.00000121. The lowest BCUT2D eigenvalue weighted by Gasteiger charge is -2.07. The van der Waals surface area contributed by atoms with Gasteiger partial charge in [0.25, 0.3) is 5.91 Å². The number of hydrogen-bond acceptors (Lipinski definition) is 3. The molecule has 3 rings (SSSR count). The molecular formula is C16H19Cl2N3O. The molecule has 1 aliphatic rings. The molecule has 0 saturated heterocycles. The van der Waals surface area contributed by atoms with Crippen LogP contribution in [0.2, 0.25) is 0 Å². The molecular weight excluding hydrogens is 321 g/mol. The van der Waals surface area contributed by atoms with Crippen molar-refractivity contribution in [3.63, 3.8) is 0 Å². The highest BCUT2D eigenvalue weighted by atomic mass is 35.5. The minimum absolute atomic E-state index is 0. The predicted molar refractivity (Wildman–Crippen MR) is 91.6 cm³/mol. The number of nitrogens with zero attached hydrogens (tertiary/aromatic N) is 1. The molecule has 0 fully saturated rings. The van der Waals surface area contributed by atoms with Crippen molar-refractivity contribution in [2.24, 2.45) is 0 Å². The Bertz CT molecular complexity index is 662. The monoisotopic (exact) mass is 339 g/mol. The van der Waals surface area contributed by atoms with Crippen LogP contribution in [-0.4, -0.2) is 10.9 Å². The molecule has 2 N–H and O–H groups in total. The summed E-state index contributed by atoms with van der Waals surface area (Å²) < 4.78 is 0. The Hall–Kier alpha value is -1.62. The van der Waals surface area contributed by atoms with Crippen molar-refractivity contribution in [2.75, 3.05) is 0 Å². The standard InChI is InChI=1S/C16H17N3O.2ClH/c1-11-3-2-4-15(19-11)16(20)18-8-12-5-6-13-9-17-10-14(13)7-12;;/h2-7,17H,8-10H2,1H3,(H,18,20);2*1H. The minimum atomic E-state index is -0.132. The van der Waals surface area contributed by atoms with E-state index >= 15 is 0 Å². The number of halogens is 2. The van der Waals surface area contributed by atoms with Crippen molar-refractivity contribution < 1.29 is 4.79 Å². The Morgan fingerprint density at radius 3 is 2.73 bits per heavy atom. The first kappa shape index (κ1) is 18.4. The zero-order valence-corrected chi connectivity index (χ0v) is 13.9. The molecule has 0 unspecified atom stereocenters. The zero-order chi connectivity index (χ0) is 13.9. The molecule has 1 aromatic carbocycles. The number of amides is 1. The quantitative estimate of drug-likeness (QED) is 0.903. The van der Waals surface area contributed by atoms with Gasteiger partial charge >= 0.3 is 0 Å². The maximum Gasteiger partial charge on any atom is 0.270 e. The van der Waals surface area contributed by atoms with Crippen molar-refractivity contribution in [1.29, 1.82) is 0 Å². The van der Waals surface area contributed by atoms with E-state index in [1.165, 1.54) is 11.1 Å². The van der Waals surface area contributed by atoms with Crippen LogP contribution in [0.1, 0.15) is 32.9 Å². The average Bonchev–Trinajstić information content (AvgIpc) is 2.92. The van der Waals surface area contributed by atoms with Crippen molar-refractivity contribution in [3.8, 4) is 0 Å². The minimum Gasteiger partial charge on any atom is -0.347 e. The van der Waals surface area contributed by atoms with Crippen LogP contribution < -0.4 is 10.6 Å². The number of rotatable bonds is 3. The van der Waals surface area contributed by atoms with Crippen LogP contribution in [0.4, 0.5) is 0 Å². The summed E-state index contributed by atoms with van der Waals surface area (Å²) in [7, 11) is 0. The fourth-order valence-electron chi connectivity index (χ4n) is 2.40. The number of hydrogen-bond donors (Lipinski definition) is 2. The third-order valence-electron chi connectivity index (χ3n) is 3.48. The van der Waals surface area contributed by atoms with Crippen LogP contribution in [0.25, 0.3) is 0 Å². The summed E-state index contributed by atoms with van der Waals surface area (Å²) in [4.78, 5) is 16.2. The van der Waals surface area contributed by atoms with Gasteiger partial charge in [-0.25, -0.2) is 4.98 Å². The van der Waals surface area contributed by atoms with Crippen LogP contribution in [0.15, 0.2) is 36.4 Å². The summed E-state index contributed by atoms with van der Waals surface area (Å²) in [5, 5.41) is 6.23. The molecule has 1 amide bonds. The molecule has 6 heteroatoms. The summed E-state index contributed by atoms with van der Waals surface area (Å²) in [6, 6.07) is 11.8. The number of nitrogens with one attached hydrogen (secondary N) is 2. The van der Waals surface area contributed by atoms with Gasteiger partial charge in [-0.3, -0.25) is 4.79 Å². The summed E-state index contributed by atoms with van der Waals surface area (Å²) in [6.45, 7) is 4.26. The molecule has 0 atom stereocenters. The van der Waals surface area contributed by atoms with Crippen LogP contribution >= 0.6 is 24.8 Å². The van der Waals surface area contributed by atoms with Gasteiger partial charge in [-0.1, -0.05) is 24.3 Å². The van der Waals surface area contributed by atoms with Crippen LogP contribution in [0.3, 0.4) is 0 Å². The first-order chi connectivity index (χ1) is 9.72. The molecule has 1 aromatic heterocycles. The molecule has 4 nitrogen and oxygen atoms in total. The molecule has 0 saturated carbocycles. The van der Waals surface area contributed by atoms with Gasteiger partial charge in [-0.2, -0.15) is 0 Å². The van der Waals surface area contributed by atoms with Crippen LogP contribution in [0, 0.1) is 6.92 Å². The van der Waals surface area contributed by atoms with E-state index in [0.29, 0.717) is 12.2 Å². The van der Waals surface area contributed by atoms with E-state index in [1.807, 2.05) is 19.1 Å². The van der Waals surface area contributed by atoms with E-state index in [1.54, 1.807) is 6.07 Å². The third kappa shape index (κ3) is 4.19. The van der Waals surface area contributed by atoms with E-state index in [4.69, 9.17) is 0 Å². The number of aryl methyl sites for hydroxylation is 1. The van der Waals surface area contributed by atoms with Crippen LogP contribution in [0.5, 0.6) is 0 Å². The van der Waals surface area contributed by atoms with Gasteiger partial charge in [0, 0.05) is 25.3 Å². The summed E-state index contributed by atoms with van der Waals surface area (Å²) in [5.74, 6) is -0.132. The number of aromatic nitrogens is 1. The molecule has 0 radical (unpaired) electrons. The van der Waals surface area contributed by atoms with Crippen molar-refractivity contribution in [2.45, 2.75) is 26.6 Å². The highest BCUT2D eigenvalue weighted by Gasteiger charge is 2.11. The van der Waals surface area contributed by atoms with Gasteiger partial charge in [0.1, 0.15) is 5.69 Å². The lowest BCUT2D eigenvalue weighted by molar-refractivity contribution is 0.0945. The lowest BCUT2D eigenvalue weighted by atomic mass is 10.1. The molecule has 0 spiro atoms. The SMILES string of the molecule is Cc1cccc(C(=O)NCc2ccc3c(c2)CNC3)n1.Cl.Cl. The molecule has 2 heterocycles. The maximum atomic E-state index is 12.0. The van der Waals surface area contributed by atoms with Gasteiger partial charge in [0.15, 0.2) is 0 Å². The zero-order valence-electron chi connectivity index (χ0n) is 12.3. The topological polar surface area (TPSA) is 54.0 Å². The largest absolute Gasteiger partial charge is 0.347 e.